The van der Waals surface area contributed by atoms with Crippen LogP contribution in [-0.2, 0) is 7.05 Å². The highest BCUT2D eigenvalue weighted by Gasteiger charge is 2.16. The minimum atomic E-state index is -1.04. The van der Waals surface area contributed by atoms with Crippen LogP contribution in [0.3, 0.4) is 0 Å². The first-order chi connectivity index (χ1) is 9.43. The fourth-order valence-electron chi connectivity index (χ4n) is 2.06. The topological polar surface area (TPSA) is 67.6 Å². The van der Waals surface area contributed by atoms with Gasteiger partial charge in [-0.2, -0.15) is 5.10 Å². The van der Waals surface area contributed by atoms with Gasteiger partial charge in [0.15, 0.2) is 5.69 Å². The first kappa shape index (κ1) is 13.9. The summed E-state index contributed by atoms with van der Waals surface area (Å²) in [6, 6.07) is 7.23. The van der Waals surface area contributed by atoms with Crippen LogP contribution in [0.1, 0.15) is 10.5 Å². The van der Waals surface area contributed by atoms with E-state index >= 15 is 0 Å². The van der Waals surface area contributed by atoms with Gasteiger partial charge >= 0.3 is 5.97 Å². The van der Waals surface area contributed by atoms with Crippen LogP contribution in [0.2, 0.25) is 0 Å². The van der Waals surface area contributed by atoms with Gasteiger partial charge in [-0.15, -0.1) is 0 Å². The van der Waals surface area contributed by atoms with E-state index in [0.717, 1.165) is 16.9 Å². The van der Waals surface area contributed by atoms with Crippen molar-refractivity contribution in [2.45, 2.75) is 0 Å². The van der Waals surface area contributed by atoms with Crippen molar-refractivity contribution < 1.29 is 14.6 Å². The van der Waals surface area contributed by atoms with Gasteiger partial charge in [0.2, 0.25) is 0 Å². The van der Waals surface area contributed by atoms with Gasteiger partial charge < -0.3 is 14.7 Å². The van der Waals surface area contributed by atoms with Crippen molar-refractivity contribution in [3.8, 4) is 17.0 Å². The lowest BCUT2D eigenvalue weighted by Gasteiger charge is -2.18. The number of anilines is 1. The van der Waals surface area contributed by atoms with Gasteiger partial charge in [-0.05, 0) is 24.3 Å². The summed E-state index contributed by atoms with van der Waals surface area (Å²) < 4.78 is 6.80. The summed E-state index contributed by atoms with van der Waals surface area (Å²) >= 11 is 0. The number of ether oxygens (including phenoxy) is 1. The van der Waals surface area contributed by atoms with Gasteiger partial charge in [0, 0.05) is 32.4 Å². The summed E-state index contributed by atoms with van der Waals surface area (Å²) in [7, 11) is 7.18. The number of hydrogen-bond donors (Lipinski definition) is 1. The van der Waals surface area contributed by atoms with Crippen LogP contribution >= 0.6 is 0 Å². The number of methoxy groups -OCH3 is 1. The van der Waals surface area contributed by atoms with Gasteiger partial charge in [-0.3, -0.25) is 4.68 Å². The van der Waals surface area contributed by atoms with E-state index in [1.807, 2.05) is 37.2 Å². The lowest BCUT2D eigenvalue weighted by molar-refractivity contribution is 0.0689. The zero-order valence-corrected chi connectivity index (χ0v) is 11.9. The molecular formula is C14H17N3O3. The van der Waals surface area contributed by atoms with E-state index in [-0.39, 0.29) is 5.69 Å². The molecule has 6 heteroatoms. The molecule has 0 spiro atoms. The molecule has 1 aromatic heterocycles. The number of rotatable bonds is 4. The van der Waals surface area contributed by atoms with Gasteiger partial charge in [-0.25, -0.2) is 4.79 Å². The first-order valence-electron chi connectivity index (χ1n) is 6.07. The van der Waals surface area contributed by atoms with Crippen molar-refractivity contribution in [1.29, 1.82) is 0 Å². The molecule has 0 saturated heterocycles. The number of aryl methyl sites for hydroxylation is 1. The van der Waals surface area contributed by atoms with Gasteiger partial charge in [0.05, 0.1) is 12.8 Å². The van der Waals surface area contributed by atoms with E-state index in [0.29, 0.717) is 5.75 Å². The number of carboxylic acids is 1. The van der Waals surface area contributed by atoms with E-state index in [9.17, 15) is 4.79 Å². The molecule has 0 aliphatic rings. The average Bonchev–Trinajstić information content (AvgIpc) is 2.80. The second-order valence-corrected chi connectivity index (χ2v) is 4.62. The Bertz CT molecular complexity index is 647. The SMILES string of the molecule is COc1ccc(N(C)C)c(-c2cc(C(=O)O)nn2C)c1. The number of carbonyl (C=O) groups is 1. The molecule has 2 aromatic rings. The molecular weight excluding hydrogens is 258 g/mol. The Kier molecular flexibility index (Phi) is 3.65. The Labute approximate surface area is 117 Å². The maximum Gasteiger partial charge on any atom is 0.356 e. The molecule has 0 amide bonds. The van der Waals surface area contributed by atoms with Gasteiger partial charge in [0.1, 0.15) is 5.75 Å². The highest BCUT2D eigenvalue weighted by Crippen LogP contribution is 2.33. The maximum absolute atomic E-state index is 11.0. The maximum atomic E-state index is 11.0. The predicted octanol–water partition coefficient (Wildman–Crippen LogP) is 1.86. The smallest absolute Gasteiger partial charge is 0.356 e. The molecule has 0 aliphatic carbocycles. The van der Waals surface area contributed by atoms with Crippen LogP contribution in [0.4, 0.5) is 5.69 Å². The summed E-state index contributed by atoms with van der Waals surface area (Å²) in [5, 5.41) is 13.0. The monoisotopic (exact) mass is 275 g/mol. The van der Waals surface area contributed by atoms with Crippen molar-refractivity contribution in [1.82, 2.24) is 9.78 Å². The quantitative estimate of drug-likeness (QED) is 0.922. The molecule has 2 rings (SSSR count). The van der Waals surface area contributed by atoms with Crippen LogP contribution in [-0.4, -0.2) is 42.1 Å². The number of carboxylic acid groups (broad SMARTS) is 1. The lowest BCUT2D eigenvalue weighted by atomic mass is 10.1. The van der Waals surface area contributed by atoms with Crippen LogP contribution in [0.15, 0.2) is 24.3 Å². The number of nitrogens with zero attached hydrogens (tertiary/aromatic N) is 3. The molecule has 0 aliphatic heterocycles. The molecule has 0 unspecified atom stereocenters. The summed E-state index contributed by atoms with van der Waals surface area (Å²) in [5.41, 5.74) is 2.59. The molecule has 1 N–H and O–H groups in total. The Morgan fingerprint density at radius 2 is 2.05 bits per heavy atom. The number of benzene rings is 1. The summed E-state index contributed by atoms with van der Waals surface area (Å²) in [4.78, 5) is 13.0. The molecule has 0 fully saturated rings. The van der Waals surface area contributed by atoms with Crippen LogP contribution in [0.5, 0.6) is 5.75 Å². The number of hydrogen-bond acceptors (Lipinski definition) is 4. The minimum Gasteiger partial charge on any atom is -0.497 e. The van der Waals surface area contributed by atoms with Crippen molar-refractivity contribution in [3.05, 3.63) is 30.0 Å². The largest absolute Gasteiger partial charge is 0.497 e. The molecule has 1 aromatic carbocycles. The second-order valence-electron chi connectivity index (χ2n) is 4.62. The summed E-state index contributed by atoms with van der Waals surface area (Å²) in [6.07, 6.45) is 0. The average molecular weight is 275 g/mol. The normalized spacial score (nSPS) is 10.4. The van der Waals surface area contributed by atoms with Crippen LogP contribution < -0.4 is 9.64 Å². The van der Waals surface area contributed by atoms with E-state index in [4.69, 9.17) is 9.84 Å². The lowest BCUT2D eigenvalue weighted by Crippen LogP contribution is -2.10. The molecule has 0 atom stereocenters. The first-order valence-corrected chi connectivity index (χ1v) is 6.07. The van der Waals surface area contributed by atoms with Gasteiger partial charge in [-0.1, -0.05) is 0 Å². The fourth-order valence-corrected chi connectivity index (χ4v) is 2.06. The van der Waals surface area contributed by atoms with E-state index < -0.39 is 5.97 Å². The molecule has 0 radical (unpaired) electrons. The van der Waals surface area contributed by atoms with Crippen molar-refractivity contribution in [3.63, 3.8) is 0 Å². The second kappa shape index (κ2) is 5.24. The molecule has 1 heterocycles. The van der Waals surface area contributed by atoms with Crippen molar-refractivity contribution in [2.24, 2.45) is 7.05 Å². The molecule has 6 nitrogen and oxygen atoms in total. The third-order valence-electron chi connectivity index (χ3n) is 3.06. The number of aromatic nitrogens is 2. The zero-order valence-electron chi connectivity index (χ0n) is 11.9. The number of aromatic carboxylic acids is 1. The van der Waals surface area contributed by atoms with E-state index in [1.165, 1.54) is 0 Å². The van der Waals surface area contributed by atoms with E-state index in [2.05, 4.69) is 5.10 Å². The third kappa shape index (κ3) is 2.45. The molecule has 106 valence electrons. The molecule has 0 saturated carbocycles. The zero-order chi connectivity index (χ0) is 14.9. The molecule has 0 bridgehead atoms. The Balaban J connectivity index is 2.63. The third-order valence-corrected chi connectivity index (χ3v) is 3.06. The fraction of sp³-hybridized carbons (Fsp3) is 0.286. The highest BCUT2D eigenvalue weighted by molar-refractivity contribution is 5.88. The predicted molar refractivity (Wildman–Crippen MR) is 76.5 cm³/mol. The van der Waals surface area contributed by atoms with Gasteiger partial charge in [0.25, 0.3) is 0 Å². The van der Waals surface area contributed by atoms with Crippen molar-refractivity contribution in [2.75, 3.05) is 26.1 Å². The van der Waals surface area contributed by atoms with E-state index in [1.54, 1.807) is 24.9 Å². The Hall–Kier alpha value is -2.50. The highest BCUT2D eigenvalue weighted by atomic mass is 16.5. The standard InChI is InChI=1S/C14H17N3O3/c1-16(2)12-6-5-9(20-4)7-10(12)13-8-11(14(18)19)15-17(13)3/h5-8H,1-4H3,(H,18,19). The Morgan fingerprint density at radius 3 is 2.55 bits per heavy atom. The Morgan fingerprint density at radius 1 is 1.35 bits per heavy atom. The van der Waals surface area contributed by atoms with Crippen LogP contribution in [0, 0.1) is 0 Å². The minimum absolute atomic E-state index is 0.0232. The van der Waals surface area contributed by atoms with Crippen molar-refractivity contribution >= 4 is 11.7 Å². The molecule has 20 heavy (non-hydrogen) atoms. The summed E-state index contributed by atoms with van der Waals surface area (Å²) in [5.74, 6) is -0.329. The van der Waals surface area contributed by atoms with Crippen LogP contribution in [0.25, 0.3) is 11.3 Å². The summed E-state index contributed by atoms with van der Waals surface area (Å²) in [6.45, 7) is 0.